The Labute approximate surface area is 214 Å². The van der Waals surface area contributed by atoms with Gasteiger partial charge in [0, 0.05) is 22.9 Å². The molecule has 1 aromatic heterocycles. The van der Waals surface area contributed by atoms with Crippen molar-refractivity contribution in [1.82, 2.24) is 10.5 Å². The van der Waals surface area contributed by atoms with E-state index in [1.54, 1.807) is 56.3 Å². The van der Waals surface area contributed by atoms with Crippen LogP contribution in [0, 0.1) is 18.8 Å². The molecule has 37 heavy (non-hydrogen) atoms. The quantitative estimate of drug-likeness (QED) is 0.471. The first-order valence-corrected chi connectivity index (χ1v) is 12.2. The maximum absolute atomic E-state index is 14.2. The molecule has 4 heterocycles. The lowest BCUT2D eigenvalue weighted by molar-refractivity contribution is -0.131. The van der Waals surface area contributed by atoms with Gasteiger partial charge in [0.15, 0.2) is 11.6 Å². The van der Waals surface area contributed by atoms with Crippen molar-refractivity contribution >= 4 is 35.0 Å². The summed E-state index contributed by atoms with van der Waals surface area (Å²) in [6, 6.07) is 7.04. The van der Waals surface area contributed by atoms with Crippen LogP contribution in [0.3, 0.4) is 0 Å². The number of carbonyl (C=O) groups excluding carboxylic acids is 4. The summed E-state index contributed by atoms with van der Waals surface area (Å²) < 4.78 is 11.5. The predicted molar refractivity (Wildman–Crippen MR) is 134 cm³/mol. The highest BCUT2D eigenvalue weighted by Crippen LogP contribution is 2.60. The van der Waals surface area contributed by atoms with Crippen molar-refractivity contribution in [3.8, 4) is 0 Å². The summed E-state index contributed by atoms with van der Waals surface area (Å²) in [5.74, 6) is -2.65. The molecule has 3 aliphatic heterocycles. The summed E-state index contributed by atoms with van der Waals surface area (Å²) in [6.45, 7) is 10.4. The first-order chi connectivity index (χ1) is 17.3. The largest absolute Gasteiger partial charge is 0.360 e. The van der Waals surface area contributed by atoms with Crippen LogP contribution in [0.5, 0.6) is 0 Å². The fraction of sp³-hybridized carbons (Fsp3) is 0.444. The van der Waals surface area contributed by atoms with Gasteiger partial charge in [0.1, 0.15) is 17.4 Å². The van der Waals surface area contributed by atoms with Gasteiger partial charge in [-0.15, -0.1) is 0 Å². The lowest BCUT2D eigenvalue weighted by Crippen LogP contribution is -2.58. The highest BCUT2D eigenvalue weighted by atomic mass is 16.5. The zero-order valence-electron chi connectivity index (χ0n) is 21.6. The Kier molecular flexibility index (Phi) is 5.45. The molecule has 1 aromatic carbocycles. The van der Waals surface area contributed by atoms with Crippen LogP contribution in [-0.2, 0) is 19.1 Å². The van der Waals surface area contributed by atoms with Crippen molar-refractivity contribution in [1.29, 1.82) is 0 Å². The third-order valence-electron chi connectivity index (χ3n) is 7.14. The molecule has 0 unspecified atom stereocenters. The van der Waals surface area contributed by atoms with E-state index in [9.17, 15) is 19.2 Å². The predicted octanol–water partition coefficient (Wildman–Crippen LogP) is 2.78. The summed E-state index contributed by atoms with van der Waals surface area (Å²) in [5.41, 5.74) is -2.30. The van der Waals surface area contributed by atoms with Crippen LogP contribution in [0.1, 0.15) is 50.7 Å². The summed E-state index contributed by atoms with van der Waals surface area (Å²) in [4.78, 5) is 55.0. The molecule has 2 N–H and O–H groups in total. The Hall–Kier alpha value is -3.79. The average molecular weight is 507 g/mol. The molecule has 0 radical (unpaired) electrons. The van der Waals surface area contributed by atoms with Crippen LogP contribution in [0.15, 0.2) is 47.0 Å². The van der Waals surface area contributed by atoms with Gasteiger partial charge >= 0.3 is 0 Å². The topological polar surface area (TPSA) is 131 Å². The number of carbonyl (C=O) groups is 4. The van der Waals surface area contributed by atoms with E-state index >= 15 is 0 Å². The zero-order valence-corrected chi connectivity index (χ0v) is 21.6. The maximum Gasteiger partial charge on any atom is 0.246 e. The Morgan fingerprint density at radius 1 is 1.11 bits per heavy atom. The van der Waals surface area contributed by atoms with Crippen LogP contribution in [-0.4, -0.2) is 51.4 Å². The molecule has 5 atom stereocenters. The van der Waals surface area contributed by atoms with Crippen molar-refractivity contribution in [2.24, 2.45) is 11.8 Å². The van der Waals surface area contributed by atoms with Crippen molar-refractivity contribution in [2.45, 2.75) is 64.3 Å². The van der Waals surface area contributed by atoms with E-state index in [4.69, 9.17) is 9.26 Å². The van der Waals surface area contributed by atoms with Gasteiger partial charge in [0.25, 0.3) is 0 Å². The monoisotopic (exact) mass is 506 g/mol. The Balaban J connectivity index is 1.61. The van der Waals surface area contributed by atoms with E-state index in [0.717, 1.165) is 0 Å². The third kappa shape index (κ3) is 3.87. The fourth-order valence-corrected chi connectivity index (χ4v) is 5.75. The molecule has 1 spiro atoms. The van der Waals surface area contributed by atoms with Crippen LogP contribution < -0.4 is 15.5 Å². The average Bonchev–Trinajstić information content (AvgIpc) is 3.49. The molecule has 3 amide bonds. The molecule has 10 heteroatoms. The first-order valence-electron chi connectivity index (χ1n) is 12.2. The Morgan fingerprint density at radius 2 is 1.84 bits per heavy atom. The number of ether oxygens (including phenoxy) is 1. The first kappa shape index (κ1) is 24.9. The van der Waals surface area contributed by atoms with Gasteiger partial charge in [-0.3, -0.25) is 24.1 Å². The van der Waals surface area contributed by atoms with Crippen molar-refractivity contribution in [2.75, 3.05) is 10.2 Å². The van der Waals surface area contributed by atoms with Crippen LogP contribution in [0.25, 0.3) is 0 Å². The minimum absolute atomic E-state index is 0.174. The molecular weight excluding hydrogens is 476 g/mol. The number of aryl methyl sites for hydroxylation is 1. The minimum atomic E-state index is -1.38. The number of nitrogens with zero attached hydrogens (tertiary/aromatic N) is 2. The van der Waals surface area contributed by atoms with Crippen LogP contribution >= 0.6 is 0 Å². The maximum atomic E-state index is 14.2. The number of rotatable bonds is 5. The number of anilines is 2. The molecular formula is C27H30N4O6. The molecule has 194 valence electrons. The number of Topliss-reactive ketones (excluding diaryl/α,β-unsaturated/α-hetero) is 1. The molecule has 0 aliphatic carbocycles. The minimum Gasteiger partial charge on any atom is -0.360 e. The summed E-state index contributed by atoms with van der Waals surface area (Å²) >= 11 is 0. The van der Waals surface area contributed by atoms with Crippen molar-refractivity contribution in [3.63, 3.8) is 0 Å². The third-order valence-corrected chi connectivity index (χ3v) is 7.14. The second-order valence-corrected chi connectivity index (χ2v) is 11.2. The summed E-state index contributed by atoms with van der Waals surface area (Å²) in [5, 5.41) is 9.53. The van der Waals surface area contributed by atoms with Gasteiger partial charge < -0.3 is 19.9 Å². The standard InChI is InChI=1S/C27H30N4O6/c1-14-12-18(30-36-14)28-22(33)19-20-24(35)31(17-9-7-8-16(13-17)15(2)32)21(23(34)29-25(3,4)5)27(20)11-10-26(19,6)37-27/h7-13,19-21H,1-6H3,(H,29,34)(H,28,30,33)/t19-,20-,21+,26+,27-/m1/s1. The van der Waals surface area contributed by atoms with Gasteiger partial charge in [0.05, 0.1) is 17.4 Å². The van der Waals surface area contributed by atoms with Gasteiger partial charge in [-0.05, 0) is 53.7 Å². The number of hydrogen-bond donors (Lipinski definition) is 2. The van der Waals surface area contributed by atoms with Crippen LogP contribution in [0.4, 0.5) is 11.5 Å². The second kappa shape index (κ2) is 8.11. The highest BCUT2D eigenvalue weighted by molar-refractivity contribution is 6.12. The molecule has 0 saturated carbocycles. The van der Waals surface area contributed by atoms with Crippen LogP contribution in [0.2, 0.25) is 0 Å². The lowest BCUT2D eigenvalue weighted by Gasteiger charge is -2.35. The molecule has 5 rings (SSSR count). The smallest absolute Gasteiger partial charge is 0.246 e. The van der Waals surface area contributed by atoms with Crippen molar-refractivity contribution < 1.29 is 28.4 Å². The Bertz CT molecular complexity index is 1360. The Morgan fingerprint density at radius 3 is 2.46 bits per heavy atom. The van der Waals surface area contributed by atoms with Gasteiger partial charge in [0.2, 0.25) is 17.7 Å². The fourth-order valence-electron chi connectivity index (χ4n) is 5.75. The number of ketones is 1. The van der Waals surface area contributed by atoms with E-state index in [1.165, 1.54) is 11.8 Å². The number of benzene rings is 1. The molecule has 2 saturated heterocycles. The van der Waals surface area contributed by atoms with E-state index in [-0.39, 0.29) is 11.6 Å². The highest BCUT2D eigenvalue weighted by Gasteiger charge is 2.76. The lowest BCUT2D eigenvalue weighted by atomic mass is 9.70. The van der Waals surface area contributed by atoms with E-state index in [0.29, 0.717) is 17.0 Å². The number of aromatic nitrogens is 1. The second-order valence-electron chi connectivity index (χ2n) is 11.2. The van der Waals surface area contributed by atoms with E-state index in [2.05, 4.69) is 15.8 Å². The number of hydrogen-bond acceptors (Lipinski definition) is 7. The molecule has 2 fully saturated rings. The molecule has 10 nitrogen and oxygen atoms in total. The van der Waals surface area contributed by atoms with E-state index < -0.39 is 52.3 Å². The van der Waals surface area contributed by atoms with Gasteiger partial charge in [-0.25, -0.2) is 0 Å². The molecule has 3 aliphatic rings. The zero-order chi connectivity index (χ0) is 26.9. The molecule has 2 aromatic rings. The van der Waals surface area contributed by atoms with Gasteiger partial charge in [-0.2, -0.15) is 0 Å². The van der Waals surface area contributed by atoms with E-state index in [1.807, 2.05) is 20.8 Å². The number of amides is 3. The molecule has 2 bridgehead atoms. The van der Waals surface area contributed by atoms with Gasteiger partial charge in [-0.1, -0.05) is 29.4 Å². The van der Waals surface area contributed by atoms with Crippen molar-refractivity contribution in [3.05, 3.63) is 53.8 Å². The number of fused-ring (bicyclic) bond motifs is 1. The summed E-state index contributed by atoms with van der Waals surface area (Å²) in [6.07, 6.45) is 3.49. The number of nitrogens with one attached hydrogen (secondary N) is 2. The normalized spacial score (nSPS) is 29.9. The summed E-state index contributed by atoms with van der Waals surface area (Å²) in [7, 11) is 0. The SMILES string of the molecule is CC(=O)c1cccc(N2C(=O)[C@H]3[C@H](C(=O)Nc4cc(C)on4)[C@]4(C)C=C[C@]3(O4)[C@@H]2C(=O)NC(C)(C)C)c1.